The zero-order valence-electron chi connectivity index (χ0n) is 8.56. The zero-order valence-corrected chi connectivity index (χ0v) is 10.1. The Labute approximate surface area is 105 Å². The van der Waals surface area contributed by atoms with Gasteiger partial charge < -0.3 is 20.1 Å². The summed E-state index contributed by atoms with van der Waals surface area (Å²) < 4.78 is 6.99. The Morgan fingerprint density at radius 1 is 1.53 bits per heavy atom. The topological polar surface area (TPSA) is 112 Å². The van der Waals surface area contributed by atoms with E-state index in [1.807, 2.05) is 6.07 Å². The van der Waals surface area contributed by atoms with Crippen molar-refractivity contribution in [3.63, 3.8) is 0 Å². The van der Waals surface area contributed by atoms with Crippen LogP contribution >= 0.6 is 15.9 Å². The average molecular weight is 304 g/mol. The lowest BCUT2D eigenvalue weighted by Crippen LogP contribution is -2.33. The molecule has 1 aromatic heterocycles. The van der Waals surface area contributed by atoms with Crippen LogP contribution in [-0.2, 0) is 4.74 Å². The Bertz CT molecular complexity index is 458. The minimum atomic E-state index is -1.19. The van der Waals surface area contributed by atoms with E-state index in [1.165, 1.54) is 10.8 Å². The lowest BCUT2D eigenvalue weighted by Gasteiger charge is -2.16. The van der Waals surface area contributed by atoms with Crippen LogP contribution in [-0.4, -0.2) is 49.8 Å². The summed E-state index contributed by atoms with van der Waals surface area (Å²) in [5.74, 6) is 0. The summed E-state index contributed by atoms with van der Waals surface area (Å²) in [5, 5.41) is 37.0. The summed E-state index contributed by atoms with van der Waals surface area (Å²) in [6, 6.07) is 1.85. The highest BCUT2D eigenvalue weighted by Gasteiger charge is 2.43. The molecule has 0 saturated carbocycles. The van der Waals surface area contributed by atoms with Crippen molar-refractivity contribution in [2.75, 3.05) is 6.61 Å². The summed E-state index contributed by atoms with van der Waals surface area (Å²) in [6.45, 7) is -0.397. The molecule has 1 aromatic rings. The molecule has 4 atom stereocenters. The Hall–Kier alpha value is -0.980. The third kappa shape index (κ3) is 2.08. The van der Waals surface area contributed by atoms with Crippen molar-refractivity contribution in [2.24, 2.45) is 0 Å². The van der Waals surface area contributed by atoms with Crippen LogP contribution in [0.4, 0.5) is 0 Å². The van der Waals surface area contributed by atoms with E-state index >= 15 is 0 Å². The third-order valence-corrected chi connectivity index (χ3v) is 3.18. The molecule has 7 nitrogen and oxygen atoms in total. The first kappa shape index (κ1) is 12.5. The van der Waals surface area contributed by atoms with E-state index in [4.69, 9.17) is 15.1 Å². The van der Waals surface area contributed by atoms with Gasteiger partial charge in [-0.25, -0.2) is 4.98 Å². The van der Waals surface area contributed by atoms with Crippen LogP contribution in [0.2, 0.25) is 0 Å². The van der Waals surface area contributed by atoms with Gasteiger partial charge in [-0.05, 0) is 15.9 Å². The number of imidazole rings is 1. The van der Waals surface area contributed by atoms with Gasteiger partial charge in [0.25, 0.3) is 0 Å². The second-order valence-corrected chi connectivity index (χ2v) is 4.35. The van der Waals surface area contributed by atoms with Crippen molar-refractivity contribution >= 4 is 15.9 Å². The van der Waals surface area contributed by atoms with Gasteiger partial charge in [-0.2, -0.15) is 5.26 Å². The molecule has 1 aliphatic heterocycles. The molecule has 8 heteroatoms. The second kappa shape index (κ2) is 4.72. The minimum Gasteiger partial charge on any atom is -0.394 e. The van der Waals surface area contributed by atoms with Crippen molar-refractivity contribution in [3.8, 4) is 6.07 Å². The maximum absolute atomic E-state index is 9.78. The normalized spacial score (nSPS) is 32.6. The molecule has 17 heavy (non-hydrogen) atoms. The Balaban J connectivity index is 2.29. The zero-order chi connectivity index (χ0) is 12.6. The van der Waals surface area contributed by atoms with Gasteiger partial charge in [0.1, 0.15) is 24.4 Å². The number of aliphatic hydroxyl groups excluding tert-OH is 3. The molecule has 1 aliphatic rings. The summed E-state index contributed by atoms with van der Waals surface area (Å²) in [5.41, 5.74) is 0.162. The van der Waals surface area contributed by atoms with Crippen LogP contribution in [0, 0.1) is 11.3 Å². The van der Waals surface area contributed by atoms with Gasteiger partial charge in [0.2, 0.25) is 0 Å². The fourth-order valence-electron chi connectivity index (χ4n) is 1.71. The molecule has 92 valence electrons. The molecule has 2 heterocycles. The van der Waals surface area contributed by atoms with Crippen molar-refractivity contribution in [1.29, 1.82) is 5.26 Å². The molecule has 1 fully saturated rings. The number of aliphatic hydroxyl groups is 3. The summed E-state index contributed by atoms with van der Waals surface area (Å²) >= 11 is 3.12. The molecule has 3 N–H and O–H groups in total. The van der Waals surface area contributed by atoms with E-state index < -0.39 is 31.1 Å². The standard InChI is InChI=1S/C9H10BrN3O4/c10-9-12-4(1-11)2-13(9)8-7(16)6(15)5(3-14)17-8/h2,5-8,14-16H,3H2/t5-,6-,7-,8-/m1/s1. The number of hydrogen-bond donors (Lipinski definition) is 3. The highest BCUT2D eigenvalue weighted by Crippen LogP contribution is 2.31. The number of rotatable bonds is 2. The van der Waals surface area contributed by atoms with Gasteiger partial charge in [0, 0.05) is 6.20 Å². The maximum atomic E-state index is 9.78. The van der Waals surface area contributed by atoms with Crippen molar-refractivity contribution in [1.82, 2.24) is 9.55 Å². The first-order valence-corrected chi connectivity index (χ1v) is 5.64. The minimum absolute atomic E-state index is 0.162. The molecule has 1 saturated heterocycles. The van der Waals surface area contributed by atoms with Gasteiger partial charge in [-0.1, -0.05) is 0 Å². The van der Waals surface area contributed by atoms with Gasteiger partial charge in [0.05, 0.1) is 6.61 Å². The molecule has 0 radical (unpaired) electrons. The van der Waals surface area contributed by atoms with Crippen LogP contribution in [0.5, 0.6) is 0 Å². The van der Waals surface area contributed by atoms with Crippen LogP contribution in [0.15, 0.2) is 10.9 Å². The molecular weight excluding hydrogens is 294 g/mol. The van der Waals surface area contributed by atoms with Crippen molar-refractivity contribution in [3.05, 3.63) is 16.6 Å². The van der Waals surface area contributed by atoms with Gasteiger partial charge in [-0.3, -0.25) is 4.57 Å². The highest BCUT2D eigenvalue weighted by atomic mass is 79.9. The lowest BCUT2D eigenvalue weighted by atomic mass is 10.1. The summed E-state index contributed by atoms with van der Waals surface area (Å²) in [7, 11) is 0. The quantitative estimate of drug-likeness (QED) is 0.655. The molecule has 2 rings (SSSR count). The van der Waals surface area contributed by atoms with E-state index in [9.17, 15) is 10.2 Å². The molecule has 0 aliphatic carbocycles. The van der Waals surface area contributed by atoms with Gasteiger partial charge in [-0.15, -0.1) is 0 Å². The average Bonchev–Trinajstić information content (AvgIpc) is 2.82. The number of aromatic nitrogens is 2. The first-order valence-electron chi connectivity index (χ1n) is 4.85. The van der Waals surface area contributed by atoms with Crippen LogP contribution in [0.25, 0.3) is 0 Å². The molecule has 0 aromatic carbocycles. The van der Waals surface area contributed by atoms with E-state index in [0.29, 0.717) is 4.73 Å². The number of halogens is 1. The molecule has 0 amide bonds. The van der Waals surface area contributed by atoms with Crippen molar-refractivity contribution in [2.45, 2.75) is 24.5 Å². The lowest BCUT2D eigenvalue weighted by molar-refractivity contribution is -0.0538. The predicted octanol–water partition coefficient (Wildman–Crippen LogP) is -0.871. The Morgan fingerprint density at radius 3 is 2.71 bits per heavy atom. The SMILES string of the molecule is N#Cc1cn([C@@H]2O[C@H](CO)[C@@H](O)[C@H]2O)c(Br)n1. The van der Waals surface area contributed by atoms with E-state index in [1.54, 1.807) is 0 Å². The number of ether oxygens (including phenoxy) is 1. The van der Waals surface area contributed by atoms with Crippen LogP contribution in [0.1, 0.15) is 11.9 Å². The monoisotopic (exact) mass is 303 g/mol. The third-order valence-electron chi connectivity index (χ3n) is 2.59. The predicted molar refractivity (Wildman–Crippen MR) is 57.7 cm³/mol. The van der Waals surface area contributed by atoms with Crippen molar-refractivity contribution < 1.29 is 20.1 Å². The highest BCUT2D eigenvalue weighted by molar-refractivity contribution is 9.10. The number of nitriles is 1. The second-order valence-electron chi connectivity index (χ2n) is 3.64. The summed E-state index contributed by atoms with van der Waals surface area (Å²) in [6.07, 6.45) is -2.71. The molecule has 0 spiro atoms. The first-order chi connectivity index (χ1) is 8.08. The molecule has 0 unspecified atom stereocenters. The fraction of sp³-hybridized carbons (Fsp3) is 0.556. The maximum Gasteiger partial charge on any atom is 0.180 e. The van der Waals surface area contributed by atoms with Crippen LogP contribution < -0.4 is 0 Å². The van der Waals surface area contributed by atoms with E-state index in [-0.39, 0.29) is 5.69 Å². The Morgan fingerprint density at radius 2 is 2.24 bits per heavy atom. The largest absolute Gasteiger partial charge is 0.394 e. The van der Waals surface area contributed by atoms with E-state index in [0.717, 1.165) is 0 Å². The smallest absolute Gasteiger partial charge is 0.180 e. The Kier molecular flexibility index (Phi) is 3.46. The summed E-state index contributed by atoms with van der Waals surface area (Å²) in [4.78, 5) is 3.87. The number of hydrogen-bond acceptors (Lipinski definition) is 6. The molecular formula is C9H10BrN3O4. The number of nitrogens with zero attached hydrogens (tertiary/aromatic N) is 3. The fourth-order valence-corrected chi connectivity index (χ4v) is 2.21. The van der Waals surface area contributed by atoms with Crippen LogP contribution in [0.3, 0.4) is 0 Å². The molecule has 0 bridgehead atoms. The van der Waals surface area contributed by atoms with Gasteiger partial charge >= 0.3 is 0 Å². The van der Waals surface area contributed by atoms with E-state index in [2.05, 4.69) is 20.9 Å². The van der Waals surface area contributed by atoms with Gasteiger partial charge in [0.15, 0.2) is 16.7 Å².